The molecule has 3 aromatic heterocycles. The van der Waals surface area contributed by atoms with Crippen molar-refractivity contribution in [3.63, 3.8) is 0 Å². The lowest BCUT2D eigenvalue weighted by molar-refractivity contribution is -0.386. The Hall–Kier alpha value is -5.89. The molecule has 3 fully saturated rings. The summed E-state index contributed by atoms with van der Waals surface area (Å²) < 4.78 is 48.6. The van der Waals surface area contributed by atoms with E-state index < -0.39 is 31.4 Å². The number of piperazine rings is 1. The van der Waals surface area contributed by atoms with Crippen LogP contribution in [0.1, 0.15) is 49.0 Å². The maximum Gasteiger partial charge on any atom is 0.312 e. The minimum absolute atomic E-state index is 0.0245. The molecule has 3 aliphatic heterocycles. The number of benzene rings is 3. The molecule has 0 radical (unpaired) electrons. The van der Waals surface area contributed by atoms with Crippen LogP contribution in [0.2, 0.25) is 5.02 Å². The van der Waals surface area contributed by atoms with Crippen LogP contribution in [-0.4, -0.2) is 133 Å². The van der Waals surface area contributed by atoms with Gasteiger partial charge in [-0.05, 0) is 90.4 Å². The third-order valence-electron chi connectivity index (χ3n) is 13.4. The Morgan fingerprint density at radius 2 is 1.84 bits per heavy atom. The molecular formula is C48H52ClN9O8S. The monoisotopic (exact) mass is 949 g/mol. The van der Waals surface area contributed by atoms with E-state index in [0.717, 1.165) is 80.7 Å². The molecule has 4 aliphatic rings. The second-order valence-corrected chi connectivity index (χ2v) is 20.7. The molecule has 17 nitrogen and oxygen atoms in total. The molecule has 0 saturated carbocycles. The van der Waals surface area contributed by atoms with Crippen molar-refractivity contribution in [3.8, 4) is 11.4 Å². The highest BCUT2D eigenvalue weighted by atomic mass is 35.5. The minimum Gasteiger partial charge on any atom is -0.484 e. The number of halogens is 1. The maximum atomic E-state index is 14.3. The molecule has 0 spiro atoms. The number of hydrogen-bond donors (Lipinski definition) is 2. The average Bonchev–Trinajstić information content (AvgIpc) is 3.94. The van der Waals surface area contributed by atoms with Crippen molar-refractivity contribution in [2.75, 3.05) is 77.1 Å². The normalized spacial score (nSPS) is 19.7. The van der Waals surface area contributed by atoms with Gasteiger partial charge in [-0.2, -0.15) is 5.10 Å². The second-order valence-electron chi connectivity index (χ2n) is 18.6. The van der Waals surface area contributed by atoms with E-state index in [0.29, 0.717) is 54.8 Å². The van der Waals surface area contributed by atoms with Gasteiger partial charge in [-0.1, -0.05) is 43.2 Å². The predicted molar refractivity (Wildman–Crippen MR) is 255 cm³/mol. The molecule has 67 heavy (non-hydrogen) atoms. The Morgan fingerprint density at radius 3 is 2.60 bits per heavy atom. The zero-order valence-corrected chi connectivity index (χ0v) is 38.9. The number of nitrogens with one attached hydrogen (secondary N) is 2. The van der Waals surface area contributed by atoms with Gasteiger partial charge >= 0.3 is 5.69 Å². The second kappa shape index (κ2) is 18.3. The molecule has 1 atom stereocenters. The number of morpholine rings is 1. The summed E-state index contributed by atoms with van der Waals surface area (Å²) >= 11 is 6.26. The summed E-state index contributed by atoms with van der Waals surface area (Å²) in [4.78, 5) is 40.2. The Morgan fingerprint density at radius 1 is 1.03 bits per heavy atom. The van der Waals surface area contributed by atoms with E-state index in [1.807, 2.05) is 36.4 Å². The molecule has 0 bridgehead atoms. The highest BCUT2D eigenvalue weighted by molar-refractivity contribution is 7.90. The van der Waals surface area contributed by atoms with Crippen molar-refractivity contribution in [2.45, 2.75) is 50.2 Å². The number of hydrogen-bond acceptors (Lipinski definition) is 13. The predicted octanol–water partition coefficient (Wildman–Crippen LogP) is 6.85. The zero-order valence-electron chi connectivity index (χ0n) is 37.3. The van der Waals surface area contributed by atoms with Gasteiger partial charge in [0, 0.05) is 74.2 Å². The van der Waals surface area contributed by atoms with Crippen LogP contribution >= 0.6 is 11.6 Å². The molecule has 350 valence electrons. The minimum atomic E-state index is -4.63. The van der Waals surface area contributed by atoms with Crippen molar-refractivity contribution in [1.82, 2.24) is 34.3 Å². The summed E-state index contributed by atoms with van der Waals surface area (Å²) in [5.74, 6) is -1.06. The number of ether oxygens (including phenoxy) is 3. The number of rotatable bonds is 13. The number of carbonyl (C=O) groups excluding carboxylic acids is 1. The Balaban J connectivity index is 0.889. The van der Waals surface area contributed by atoms with Crippen LogP contribution in [0.15, 0.2) is 95.7 Å². The number of sulfonamides is 1. The van der Waals surface area contributed by atoms with E-state index in [9.17, 15) is 23.3 Å². The molecule has 6 heterocycles. The largest absolute Gasteiger partial charge is 0.484 e. The fraction of sp³-hybridized carbons (Fsp3) is 0.396. The van der Waals surface area contributed by atoms with Gasteiger partial charge in [0.15, 0.2) is 5.75 Å². The fourth-order valence-electron chi connectivity index (χ4n) is 9.55. The standard InChI is InChI=1S/C48H52ClN9O8S/c1-48(2)13-11-33(40(24-48)31-3-5-34(49)6-4-31)26-54-15-17-55(18-16-54)35-7-9-39(42(22-35)57-43-21-32-12-14-50-46(32)52-41(43)25-51-57)47(59)53-67(62,63)38-8-10-45(44(23-38)58(60)61)66-30-37-27-56(19-20-65-37)36-28-64-29-36/h3-10,12,14,21-23,25,36-37H,11,13,15-20,24,26-30H2,1-2H3,(H,50,52)(H,53,59). The summed E-state index contributed by atoms with van der Waals surface area (Å²) in [5, 5.41) is 18.5. The number of carbonyl (C=O) groups is 1. The van der Waals surface area contributed by atoms with Crippen LogP contribution < -0.4 is 14.4 Å². The number of aromatic amines is 1. The number of pyridine rings is 1. The molecule has 1 amide bonds. The lowest BCUT2D eigenvalue weighted by Gasteiger charge is -2.41. The Bertz CT molecular complexity index is 3000. The van der Waals surface area contributed by atoms with Crippen molar-refractivity contribution in [2.24, 2.45) is 5.41 Å². The molecule has 6 aromatic rings. The molecule has 3 aromatic carbocycles. The van der Waals surface area contributed by atoms with Gasteiger partial charge in [0.05, 0.1) is 58.6 Å². The summed E-state index contributed by atoms with van der Waals surface area (Å²) in [6.45, 7) is 11.8. The number of fused-ring (bicyclic) bond motifs is 2. The Labute approximate surface area is 392 Å². The van der Waals surface area contributed by atoms with Crippen LogP contribution in [-0.2, 0) is 19.5 Å². The molecule has 1 unspecified atom stereocenters. The number of allylic oxidation sites excluding steroid dienone is 1. The first-order valence-corrected chi connectivity index (χ1v) is 24.5. The van der Waals surface area contributed by atoms with Crippen molar-refractivity contribution < 1.29 is 32.3 Å². The summed E-state index contributed by atoms with van der Waals surface area (Å²) in [6.07, 6.45) is 6.22. The van der Waals surface area contributed by atoms with E-state index in [4.69, 9.17) is 30.8 Å². The van der Waals surface area contributed by atoms with Gasteiger partial charge in [-0.3, -0.25) is 24.7 Å². The van der Waals surface area contributed by atoms with E-state index in [1.165, 1.54) is 28.8 Å². The van der Waals surface area contributed by atoms with Crippen LogP contribution in [0.3, 0.4) is 0 Å². The Kier molecular flexibility index (Phi) is 12.3. The number of nitro benzene ring substituents is 1. The van der Waals surface area contributed by atoms with Crippen LogP contribution in [0.25, 0.3) is 33.3 Å². The lowest BCUT2D eigenvalue weighted by Crippen LogP contribution is -2.56. The van der Waals surface area contributed by atoms with E-state index >= 15 is 0 Å². The van der Waals surface area contributed by atoms with E-state index in [1.54, 1.807) is 23.1 Å². The highest BCUT2D eigenvalue weighted by Gasteiger charge is 2.33. The molecular weight excluding hydrogens is 898 g/mol. The molecule has 3 saturated heterocycles. The van der Waals surface area contributed by atoms with Gasteiger partial charge < -0.3 is 24.1 Å². The number of H-pyrrole nitrogens is 1. The van der Waals surface area contributed by atoms with Crippen molar-refractivity contribution in [1.29, 1.82) is 0 Å². The topological polar surface area (TPSA) is 190 Å². The number of amides is 1. The van der Waals surface area contributed by atoms with Gasteiger partial charge in [-0.15, -0.1) is 0 Å². The van der Waals surface area contributed by atoms with Crippen LogP contribution in [0.5, 0.6) is 5.75 Å². The van der Waals surface area contributed by atoms with Crippen molar-refractivity contribution in [3.05, 3.63) is 117 Å². The smallest absolute Gasteiger partial charge is 0.312 e. The average molecular weight is 951 g/mol. The number of aromatic nitrogens is 4. The molecule has 1 aliphatic carbocycles. The molecule has 2 N–H and O–H groups in total. The van der Waals surface area contributed by atoms with Gasteiger partial charge in [0.2, 0.25) is 0 Å². The first kappa shape index (κ1) is 44.9. The first-order valence-electron chi connectivity index (χ1n) is 22.6. The van der Waals surface area contributed by atoms with Crippen LogP contribution in [0.4, 0.5) is 11.4 Å². The number of nitro groups is 1. The third-order valence-corrected chi connectivity index (χ3v) is 15.0. The van der Waals surface area contributed by atoms with Crippen molar-refractivity contribution >= 4 is 66.5 Å². The van der Waals surface area contributed by atoms with Gasteiger partial charge in [0.25, 0.3) is 15.9 Å². The van der Waals surface area contributed by atoms with Gasteiger partial charge in [0.1, 0.15) is 23.9 Å². The fourth-order valence-corrected chi connectivity index (χ4v) is 10.7. The quantitative estimate of drug-likeness (QED) is 0.0905. The summed E-state index contributed by atoms with van der Waals surface area (Å²) in [7, 11) is -4.63. The van der Waals surface area contributed by atoms with Gasteiger partial charge in [-0.25, -0.2) is 22.8 Å². The van der Waals surface area contributed by atoms with E-state index in [-0.39, 0.29) is 29.4 Å². The summed E-state index contributed by atoms with van der Waals surface area (Å²) in [5.41, 5.74) is 6.81. The van der Waals surface area contributed by atoms with E-state index in [2.05, 4.69) is 55.5 Å². The SMILES string of the molecule is CC1(C)CCC(CN2CCN(c3ccc(C(=O)NS(=O)(=O)c4ccc(OCC5CN(C6COC6)CCO5)c([N+](=O)[O-])c4)c(-n4ncc5nc6[nH]ccc6cc54)c3)CC2)=C(c2ccc(Cl)cc2)C1. The third kappa shape index (κ3) is 9.51. The van der Waals surface area contributed by atoms with Crippen LogP contribution in [0, 0.1) is 15.5 Å². The first-order chi connectivity index (χ1) is 32.3. The molecule has 19 heteroatoms. The number of anilines is 1. The highest BCUT2D eigenvalue weighted by Crippen LogP contribution is 2.43. The summed E-state index contributed by atoms with van der Waals surface area (Å²) in [6, 6.07) is 20.8. The maximum absolute atomic E-state index is 14.3. The lowest BCUT2D eigenvalue weighted by atomic mass is 9.72. The zero-order chi connectivity index (χ0) is 46.5. The molecule has 10 rings (SSSR count). The number of nitrogens with zero attached hydrogens (tertiary/aromatic N) is 7.